The Bertz CT molecular complexity index is 576. The van der Waals surface area contributed by atoms with E-state index in [4.69, 9.17) is 14.2 Å². The molecule has 7 nitrogen and oxygen atoms in total. The minimum absolute atomic E-state index is 0.310. The number of nitrogens with zero attached hydrogens (tertiary/aromatic N) is 2. The van der Waals surface area contributed by atoms with Crippen molar-refractivity contribution < 1.29 is 19.0 Å². The monoisotopic (exact) mass is 295 g/mol. The molecule has 0 fully saturated rings. The van der Waals surface area contributed by atoms with Crippen LogP contribution < -0.4 is 19.5 Å². The Kier molecular flexibility index (Phi) is 4.36. The quantitative estimate of drug-likeness (QED) is 0.906. The summed E-state index contributed by atoms with van der Waals surface area (Å²) in [6, 6.07) is 3.15. The molecule has 0 aliphatic carbocycles. The Morgan fingerprint density at radius 3 is 2.25 bits per heavy atom. The van der Waals surface area contributed by atoms with Crippen LogP contribution in [0.25, 0.3) is 0 Å². The molecule has 1 N–H and O–H groups in total. The van der Waals surface area contributed by atoms with E-state index in [2.05, 4.69) is 14.9 Å². The standard InChI is InChI=1S/C12H13N3O4S/c1-17-8-4-7(5-9(18-2)11(8)19-3)12(16)14-10-6-13-15-20-10/h4-6H,1-3H3,(H,14,16). The number of hydrogen-bond acceptors (Lipinski definition) is 7. The first kappa shape index (κ1) is 14.1. The van der Waals surface area contributed by atoms with Crippen LogP contribution in [0.15, 0.2) is 18.3 Å². The van der Waals surface area contributed by atoms with Crippen LogP contribution >= 0.6 is 11.5 Å². The van der Waals surface area contributed by atoms with Gasteiger partial charge in [0.2, 0.25) is 5.75 Å². The van der Waals surface area contributed by atoms with E-state index in [-0.39, 0.29) is 5.91 Å². The van der Waals surface area contributed by atoms with Gasteiger partial charge in [0, 0.05) is 17.1 Å². The minimum Gasteiger partial charge on any atom is -0.493 e. The number of amides is 1. The summed E-state index contributed by atoms with van der Waals surface area (Å²) >= 11 is 1.09. The zero-order valence-electron chi connectivity index (χ0n) is 11.2. The van der Waals surface area contributed by atoms with Crippen LogP contribution in [0, 0.1) is 0 Å². The second-order valence-corrected chi connectivity index (χ2v) is 4.44. The summed E-state index contributed by atoms with van der Waals surface area (Å²) in [4.78, 5) is 12.1. The van der Waals surface area contributed by atoms with E-state index in [0.29, 0.717) is 27.8 Å². The molecule has 0 unspecified atom stereocenters. The molecule has 0 saturated heterocycles. The van der Waals surface area contributed by atoms with Gasteiger partial charge in [0.25, 0.3) is 5.91 Å². The SMILES string of the molecule is COc1cc(C(=O)Nc2cnns2)cc(OC)c1OC. The molecule has 1 aromatic carbocycles. The number of carbonyl (C=O) groups excluding carboxylic acids is 1. The average molecular weight is 295 g/mol. The van der Waals surface area contributed by atoms with Crippen LogP contribution in [-0.4, -0.2) is 36.8 Å². The fraction of sp³-hybridized carbons (Fsp3) is 0.250. The average Bonchev–Trinajstić information content (AvgIpc) is 2.98. The van der Waals surface area contributed by atoms with Gasteiger partial charge in [-0.2, -0.15) is 0 Å². The molecular weight excluding hydrogens is 282 g/mol. The molecule has 1 aromatic heterocycles. The molecule has 0 radical (unpaired) electrons. The largest absolute Gasteiger partial charge is 0.493 e. The zero-order chi connectivity index (χ0) is 14.5. The van der Waals surface area contributed by atoms with Crippen molar-refractivity contribution in [3.05, 3.63) is 23.9 Å². The number of nitrogens with one attached hydrogen (secondary N) is 1. The molecule has 0 spiro atoms. The molecule has 0 saturated carbocycles. The Morgan fingerprint density at radius 1 is 1.15 bits per heavy atom. The number of aromatic nitrogens is 2. The van der Waals surface area contributed by atoms with Gasteiger partial charge in [-0.25, -0.2) is 0 Å². The summed E-state index contributed by atoms with van der Waals surface area (Å²) in [5.41, 5.74) is 0.382. The normalized spacial score (nSPS) is 9.95. The lowest BCUT2D eigenvalue weighted by molar-refractivity contribution is 0.102. The van der Waals surface area contributed by atoms with Gasteiger partial charge >= 0.3 is 0 Å². The summed E-state index contributed by atoms with van der Waals surface area (Å²) < 4.78 is 19.3. The fourth-order valence-electron chi connectivity index (χ4n) is 1.62. The highest BCUT2D eigenvalue weighted by Crippen LogP contribution is 2.38. The summed E-state index contributed by atoms with van der Waals surface area (Å²) in [5, 5.41) is 6.89. The predicted octanol–water partition coefficient (Wildman–Crippen LogP) is 1.82. The van der Waals surface area contributed by atoms with Crippen molar-refractivity contribution in [3.8, 4) is 17.2 Å². The van der Waals surface area contributed by atoms with E-state index in [1.54, 1.807) is 12.1 Å². The van der Waals surface area contributed by atoms with E-state index in [0.717, 1.165) is 11.5 Å². The molecule has 106 valence electrons. The maximum Gasteiger partial charge on any atom is 0.256 e. The minimum atomic E-state index is -0.310. The van der Waals surface area contributed by atoms with Crippen molar-refractivity contribution in [1.82, 2.24) is 9.59 Å². The summed E-state index contributed by atoms with van der Waals surface area (Å²) in [7, 11) is 4.49. The first-order valence-electron chi connectivity index (χ1n) is 5.58. The molecule has 2 aromatic rings. The third kappa shape index (κ3) is 2.80. The van der Waals surface area contributed by atoms with Crippen molar-refractivity contribution >= 4 is 22.4 Å². The van der Waals surface area contributed by atoms with Crippen molar-refractivity contribution in [2.45, 2.75) is 0 Å². The molecule has 0 aliphatic heterocycles. The zero-order valence-corrected chi connectivity index (χ0v) is 12.0. The topological polar surface area (TPSA) is 82.6 Å². The molecule has 1 amide bonds. The first-order chi connectivity index (χ1) is 9.69. The molecule has 8 heteroatoms. The highest BCUT2D eigenvalue weighted by atomic mass is 32.1. The lowest BCUT2D eigenvalue weighted by Crippen LogP contribution is -2.11. The number of hydrogen-bond donors (Lipinski definition) is 1. The Balaban J connectivity index is 2.34. The van der Waals surface area contributed by atoms with Gasteiger partial charge in [-0.15, -0.1) is 5.10 Å². The highest BCUT2D eigenvalue weighted by molar-refractivity contribution is 7.10. The van der Waals surface area contributed by atoms with Crippen LogP contribution in [-0.2, 0) is 0 Å². The molecule has 0 bridgehead atoms. The first-order valence-corrected chi connectivity index (χ1v) is 6.35. The summed E-state index contributed by atoms with van der Waals surface area (Å²) in [6.45, 7) is 0. The maximum absolute atomic E-state index is 12.1. The summed E-state index contributed by atoms with van der Waals surface area (Å²) in [5.74, 6) is 0.958. The molecule has 0 aliphatic rings. The lowest BCUT2D eigenvalue weighted by Gasteiger charge is -2.13. The van der Waals surface area contributed by atoms with Gasteiger partial charge in [-0.05, 0) is 12.1 Å². The van der Waals surface area contributed by atoms with Crippen LogP contribution in [0.3, 0.4) is 0 Å². The molecule has 1 heterocycles. The molecule has 0 atom stereocenters. The summed E-state index contributed by atoms with van der Waals surface area (Å²) in [6.07, 6.45) is 1.47. The van der Waals surface area contributed by atoms with Gasteiger partial charge in [-0.1, -0.05) is 4.49 Å². The van der Waals surface area contributed by atoms with Crippen LogP contribution in [0.2, 0.25) is 0 Å². The number of carbonyl (C=O) groups is 1. The maximum atomic E-state index is 12.1. The third-order valence-electron chi connectivity index (χ3n) is 2.52. The number of methoxy groups -OCH3 is 3. The van der Waals surface area contributed by atoms with Crippen molar-refractivity contribution in [3.63, 3.8) is 0 Å². The molecule has 20 heavy (non-hydrogen) atoms. The van der Waals surface area contributed by atoms with E-state index < -0.39 is 0 Å². The number of anilines is 1. The fourth-order valence-corrected chi connectivity index (χ4v) is 2.03. The van der Waals surface area contributed by atoms with Crippen LogP contribution in [0.4, 0.5) is 5.00 Å². The van der Waals surface area contributed by atoms with Gasteiger partial charge in [0.05, 0.1) is 27.5 Å². The number of benzene rings is 1. The van der Waals surface area contributed by atoms with Crippen molar-refractivity contribution in [2.75, 3.05) is 26.6 Å². The van der Waals surface area contributed by atoms with Gasteiger partial charge in [0.15, 0.2) is 11.5 Å². The predicted molar refractivity (Wildman–Crippen MR) is 74.0 cm³/mol. The third-order valence-corrected chi connectivity index (χ3v) is 3.11. The molecule has 2 rings (SSSR count). The van der Waals surface area contributed by atoms with Crippen molar-refractivity contribution in [2.24, 2.45) is 0 Å². The molecular formula is C12H13N3O4S. The van der Waals surface area contributed by atoms with Crippen LogP contribution in [0.1, 0.15) is 10.4 Å². The Hall–Kier alpha value is -2.35. The Morgan fingerprint density at radius 2 is 1.80 bits per heavy atom. The van der Waals surface area contributed by atoms with Gasteiger partial charge in [0.1, 0.15) is 5.00 Å². The van der Waals surface area contributed by atoms with E-state index >= 15 is 0 Å². The number of rotatable bonds is 5. The Labute approximate surface area is 119 Å². The van der Waals surface area contributed by atoms with Crippen LogP contribution in [0.5, 0.6) is 17.2 Å². The van der Waals surface area contributed by atoms with E-state index in [1.165, 1.54) is 27.5 Å². The number of ether oxygens (including phenoxy) is 3. The smallest absolute Gasteiger partial charge is 0.256 e. The second kappa shape index (κ2) is 6.20. The van der Waals surface area contributed by atoms with Crippen molar-refractivity contribution in [1.29, 1.82) is 0 Å². The van der Waals surface area contributed by atoms with E-state index in [9.17, 15) is 4.79 Å². The van der Waals surface area contributed by atoms with Gasteiger partial charge < -0.3 is 19.5 Å². The van der Waals surface area contributed by atoms with E-state index in [1.807, 2.05) is 0 Å². The lowest BCUT2D eigenvalue weighted by atomic mass is 10.1. The highest BCUT2D eigenvalue weighted by Gasteiger charge is 2.17. The van der Waals surface area contributed by atoms with Gasteiger partial charge in [-0.3, -0.25) is 4.79 Å². The second-order valence-electron chi connectivity index (χ2n) is 3.65.